The molecule has 1 aromatic carbocycles. The number of nitro benzene ring substituents is 1. The van der Waals surface area contributed by atoms with Crippen LogP contribution in [0.1, 0.15) is 19.8 Å². The maximum Gasteiger partial charge on any atom is 0.310 e. The Morgan fingerprint density at radius 3 is 2.89 bits per heavy atom. The van der Waals surface area contributed by atoms with Crippen molar-refractivity contribution in [1.29, 1.82) is 0 Å². The van der Waals surface area contributed by atoms with Gasteiger partial charge in [0.2, 0.25) is 0 Å². The molecule has 5 nitrogen and oxygen atoms in total. The normalized spacial score (nSPS) is 23.4. The molecule has 1 aliphatic heterocycles. The van der Waals surface area contributed by atoms with Crippen molar-refractivity contribution >= 4 is 23.0 Å². The van der Waals surface area contributed by atoms with Crippen LogP contribution in [0.5, 0.6) is 0 Å². The number of halogens is 1. The van der Waals surface area contributed by atoms with Crippen molar-refractivity contribution < 1.29 is 9.66 Å². The fourth-order valence-corrected chi connectivity index (χ4v) is 2.76. The number of methoxy groups -OCH3 is 1. The Kier molecular flexibility index (Phi) is 3.96. The minimum absolute atomic E-state index is 0.0236. The van der Waals surface area contributed by atoms with E-state index >= 15 is 0 Å². The van der Waals surface area contributed by atoms with E-state index in [1.807, 2.05) is 11.8 Å². The predicted molar refractivity (Wildman–Crippen MR) is 75.0 cm³/mol. The molecule has 19 heavy (non-hydrogen) atoms. The third kappa shape index (κ3) is 2.82. The zero-order valence-electron chi connectivity index (χ0n) is 11.1. The lowest BCUT2D eigenvalue weighted by Crippen LogP contribution is -2.47. The van der Waals surface area contributed by atoms with E-state index < -0.39 is 4.92 Å². The van der Waals surface area contributed by atoms with E-state index in [4.69, 9.17) is 16.3 Å². The van der Waals surface area contributed by atoms with E-state index in [0.29, 0.717) is 12.2 Å². The first-order valence-electron chi connectivity index (χ1n) is 6.20. The summed E-state index contributed by atoms with van der Waals surface area (Å²) in [5.41, 5.74) is 0.277. The molecular formula is C13H17ClN2O3. The van der Waals surface area contributed by atoms with Gasteiger partial charge in [-0.15, -0.1) is 0 Å². The van der Waals surface area contributed by atoms with Gasteiger partial charge < -0.3 is 9.64 Å². The standard InChI is InChI=1S/C13H17ClN2O3/c1-13(19-2)7-4-8-15(9-13)11-6-3-5-10(14)12(11)16(17)18/h3,5-6H,4,7-9H2,1-2H3. The highest BCUT2D eigenvalue weighted by atomic mass is 35.5. The maximum absolute atomic E-state index is 11.2. The third-order valence-corrected chi connectivity index (χ3v) is 3.95. The molecule has 1 heterocycles. The van der Waals surface area contributed by atoms with Crippen molar-refractivity contribution in [3.05, 3.63) is 33.3 Å². The highest BCUT2D eigenvalue weighted by molar-refractivity contribution is 6.33. The first-order chi connectivity index (χ1) is 8.97. The SMILES string of the molecule is COC1(C)CCCN(c2cccc(Cl)c2[N+](=O)[O-])C1. The number of ether oxygens (including phenoxy) is 1. The molecule has 0 spiro atoms. The summed E-state index contributed by atoms with van der Waals surface area (Å²) < 4.78 is 5.52. The molecule has 6 heteroatoms. The first-order valence-corrected chi connectivity index (χ1v) is 6.58. The van der Waals surface area contributed by atoms with Crippen molar-refractivity contribution in [2.45, 2.75) is 25.4 Å². The summed E-state index contributed by atoms with van der Waals surface area (Å²) in [5, 5.41) is 11.4. The van der Waals surface area contributed by atoms with Crippen molar-refractivity contribution in [2.24, 2.45) is 0 Å². The van der Waals surface area contributed by atoms with Gasteiger partial charge in [-0.25, -0.2) is 0 Å². The summed E-state index contributed by atoms with van der Waals surface area (Å²) in [6, 6.07) is 5.03. The molecular weight excluding hydrogens is 268 g/mol. The van der Waals surface area contributed by atoms with Gasteiger partial charge in [0.15, 0.2) is 0 Å². The Bertz CT molecular complexity index is 495. The van der Waals surface area contributed by atoms with Gasteiger partial charge in [-0.2, -0.15) is 0 Å². The molecule has 0 aliphatic carbocycles. The number of piperidine rings is 1. The average molecular weight is 285 g/mol. The Labute approximate surface area is 117 Å². The van der Waals surface area contributed by atoms with Gasteiger partial charge in [0.25, 0.3) is 0 Å². The van der Waals surface area contributed by atoms with Gasteiger partial charge in [-0.1, -0.05) is 17.7 Å². The van der Waals surface area contributed by atoms with E-state index in [-0.39, 0.29) is 16.3 Å². The topological polar surface area (TPSA) is 55.6 Å². The minimum atomic E-state index is -0.420. The monoisotopic (exact) mass is 284 g/mol. The summed E-state index contributed by atoms with van der Waals surface area (Å²) in [5.74, 6) is 0. The number of nitrogens with zero attached hydrogens (tertiary/aromatic N) is 2. The van der Waals surface area contributed by atoms with Crippen LogP contribution in [0.2, 0.25) is 5.02 Å². The summed E-state index contributed by atoms with van der Waals surface area (Å²) in [6.07, 6.45) is 1.89. The number of hydrogen-bond acceptors (Lipinski definition) is 4. The van der Waals surface area contributed by atoms with Crippen LogP contribution >= 0.6 is 11.6 Å². The molecule has 1 saturated heterocycles. The largest absolute Gasteiger partial charge is 0.377 e. The Morgan fingerprint density at radius 2 is 2.26 bits per heavy atom. The third-order valence-electron chi connectivity index (χ3n) is 3.64. The molecule has 1 aliphatic rings. The van der Waals surface area contributed by atoms with E-state index in [1.54, 1.807) is 25.3 Å². The molecule has 0 saturated carbocycles. The van der Waals surface area contributed by atoms with Crippen LogP contribution < -0.4 is 4.90 Å². The number of benzene rings is 1. The molecule has 0 amide bonds. The van der Waals surface area contributed by atoms with Gasteiger partial charge in [0, 0.05) is 20.2 Å². The number of rotatable bonds is 3. The van der Waals surface area contributed by atoms with Crippen molar-refractivity contribution in [2.75, 3.05) is 25.1 Å². The fourth-order valence-electron chi connectivity index (χ4n) is 2.52. The van der Waals surface area contributed by atoms with Crippen LogP contribution in [-0.4, -0.2) is 30.7 Å². The molecule has 0 bridgehead atoms. The summed E-state index contributed by atoms with van der Waals surface area (Å²) in [6.45, 7) is 3.43. The van der Waals surface area contributed by atoms with Crippen LogP contribution in [-0.2, 0) is 4.74 Å². The Hall–Kier alpha value is -1.33. The summed E-state index contributed by atoms with van der Waals surface area (Å²) >= 11 is 5.95. The second-order valence-electron chi connectivity index (χ2n) is 5.04. The number of para-hydroxylation sites is 1. The van der Waals surface area contributed by atoms with E-state index in [9.17, 15) is 10.1 Å². The van der Waals surface area contributed by atoms with Crippen LogP contribution in [0, 0.1) is 10.1 Å². The molecule has 0 N–H and O–H groups in total. The molecule has 1 atom stereocenters. The fraction of sp³-hybridized carbons (Fsp3) is 0.538. The van der Waals surface area contributed by atoms with E-state index in [1.165, 1.54) is 0 Å². The lowest BCUT2D eigenvalue weighted by Gasteiger charge is -2.40. The van der Waals surface area contributed by atoms with Crippen LogP contribution in [0.15, 0.2) is 18.2 Å². The van der Waals surface area contributed by atoms with Crippen LogP contribution in [0.25, 0.3) is 0 Å². The molecule has 0 radical (unpaired) electrons. The minimum Gasteiger partial charge on any atom is -0.377 e. The Morgan fingerprint density at radius 1 is 1.53 bits per heavy atom. The van der Waals surface area contributed by atoms with Gasteiger partial charge in [-0.05, 0) is 31.9 Å². The zero-order valence-corrected chi connectivity index (χ0v) is 11.8. The summed E-state index contributed by atoms with van der Waals surface area (Å²) in [7, 11) is 1.68. The average Bonchev–Trinajstić information content (AvgIpc) is 2.38. The van der Waals surface area contributed by atoms with Crippen molar-refractivity contribution in [3.8, 4) is 0 Å². The van der Waals surface area contributed by atoms with Crippen molar-refractivity contribution in [3.63, 3.8) is 0 Å². The van der Waals surface area contributed by atoms with E-state index in [0.717, 1.165) is 19.4 Å². The number of anilines is 1. The highest BCUT2D eigenvalue weighted by Gasteiger charge is 2.33. The van der Waals surface area contributed by atoms with Crippen molar-refractivity contribution in [1.82, 2.24) is 0 Å². The molecule has 0 aromatic heterocycles. The van der Waals surface area contributed by atoms with Crippen LogP contribution in [0.3, 0.4) is 0 Å². The van der Waals surface area contributed by atoms with Gasteiger partial charge in [0.1, 0.15) is 10.7 Å². The Balaban J connectivity index is 2.37. The van der Waals surface area contributed by atoms with Gasteiger partial charge in [-0.3, -0.25) is 10.1 Å². The van der Waals surface area contributed by atoms with Crippen LogP contribution in [0.4, 0.5) is 11.4 Å². The lowest BCUT2D eigenvalue weighted by molar-refractivity contribution is -0.384. The second-order valence-corrected chi connectivity index (χ2v) is 5.45. The first kappa shape index (κ1) is 14.1. The summed E-state index contributed by atoms with van der Waals surface area (Å²) in [4.78, 5) is 12.7. The highest BCUT2D eigenvalue weighted by Crippen LogP contribution is 2.37. The van der Waals surface area contributed by atoms with E-state index in [2.05, 4.69) is 0 Å². The zero-order chi connectivity index (χ0) is 14.0. The quantitative estimate of drug-likeness (QED) is 0.631. The molecule has 2 rings (SSSR count). The smallest absolute Gasteiger partial charge is 0.310 e. The second kappa shape index (κ2) is 5.35. The number of hydrogen-bond donors (Lipinski definition) is 0. The molecule has 1 fully saturated rings. The number of nitro groups is 1. The molecule has 1 unspecified atom stereocenters. The lowest BCUT2D eigenvalue weighted by atomic mass is 9.94. The predicted octanol–water partition coefficient (Wildman–Crippen LogP) is 3.25. The van der Waals surface area contributed by atoms with Gasteiger partial charge in [0.05, 0.1) is 10.5 Å². The molecule has 104 valence electrons. The maximum atomic E-state index is 11.2. The van der Waals surface area contributed by atoms with Gasteiger partial charge >= 0.3 is 5.69 Å². The molecule has 1 aromatic rings.